The second kappa shape index (κ2) is 8.87. The van der Waals surface area contributed by atoms with Crippen LogP contribution in [0, 0.1) is 23.7 Å². The SMILES string of the molecule is COc1ccccc1C#CC1CCN(C(=O)N2CC[C@@H]3OCC(=O)C[C@@H]3C2)CC1. The third-order valence-corrected chi connectivity index (χ3v) is 6.17. The molecule has 2 atom stereocenters. The fraction of sp³-hybridized carbons (Fsp3) is 0.565. The highest BCUT2D eigenvalue weighted by molar-refractivity contribution is 5.81. The van der Waals surface area contributed by atoms with E-state index < -0.39 is 0 Å². The number of ether oxygens (including phenoxy) is 2. The quantitative estimate of drug-likeness (QED) is 0.685. The standard InChI is InChI=1S/C23H28N2O4/c1-28-21-5-3-2-4-18(21)7-6-17-8-11-24(12-9-17)23(27)25-13-10-22-19(15-25)14-20(26)16-29-22/h2-5,17,19,22H,8-16H2,1H3/t19-,22+/m1/s1. The molecule has 6 heteroatoms. The number of ketones is 1. The number of likely N-dealkylation sites (tertiary alicyclic amines) is 2. The Labute approximate surface area is 172 Å². The van der Waals surface area contributed by atoms with Gasteiger partial charge in [0.2, 0.25) is 0 Å². The van der Waals surface area contributed by atoms with Crippen LogP contribution in [0.2, 0.25) is 0 Å². The van der Waals surface area contributed by atoms with Crippen molar-refractivity contribution >= 4 is 11.8 Å². The first kappa shape index (κ1) is 19.8. The second-order valence-corrected chi connectivity index (χ2v) is 8.10. The van der Waals surface area contributed by atoms with Gasteiger partial charge in [0.15, 0.2) is 5.78 Å². The maximum absolute atomic E-state index is 13.0. The van der Waals surface area contributed by atoms with E-state index in [1.54, 1.807) is 7.11 Å². The van der Waals surface area contributed by atoms with E-state index in [2.05, 4.69) is 11.8 Å². The number of carbonyl (C=O) groups excluding carboxylic acids is 2. The van der Waals surface area contributed by atoms with Crippen molar-refractivity contribution in [2.45, 2.75) is 31.8 Å². The molecule has 154 valence electrons. The highest BCUT2D eigenvalue weighted by atomic mass is 16.5. The van der Waals surface area contributed by atoms with Crippen LogP contribution in [0.4, 0.5) is 4.79 Å². The maximum atomic E-state index is 13.0. The number of methoxy groups -OCH3 is 1. The van der Waals surface area contributed by atoms with Gasteiger partial charge in [0.1, 0.15) is 12.4 Å². The van der Waals surface area contributed by atoms with Gasteiger partial charge in [-0.2, -0.15) is 0 Å². The molecule has 2 amide bonds. The Balaban J connectivity index is 1.30. The molecule has 3 fully saturated rings. The number of urea groups is 1. The fourth-order valence-electron chi connectivity index (χ4n) is 4.49. The van der Waals surface area contributed by atoms with E-state index in [0.29, 0.717) is 25.4 Å². The Morgan fingerprint density at radius 3 is 2.69 bits per heavy atom. The molecular weight excluding hydrogens is 368 g/mol. The Morgan fingerprint density at radius 1 is 1.14 bits per heavy atom. The van der Waals surface area contributed by atoms with Crippen molar-refractivity contribution in [1.82, 2.24) is 9.80 Å². The minimum atomic E-state index is 0.0950. The number of benzene rings is 1. The number of carbonyl (C=O) groups is 2. The Hall–Kier alpha value is -2.52. The molecule has 0 radical (unpaired) electrons. The zero-order chi connectivity index (χ0) is 20.2. The number of para-hydroxylation sites is 1. The van der Waals surface area contributed by atoms with Crippen LogP contribution in [-0.2, 0) is 9.53 Å². The van der Waals surface area contributed by atoms with Gasteiger partial charge < -0.3 is 19.3 Å². The topological polar surface area (TPSA) is 59.1 Å². The highest BCUT2D eigenvalue weighted by Crippen LogP contribution is 2.28. The van der Waals surface area contributed by atoms with Gasteiger partial charge in [-0.1, -0.05) is 24.0 Å². The largest absolute Gasteiger partial charge is 0.495 e. The third-order valence-electron chi connectivity index (χ3n) is 6.17. The molecule has 4 rings (SSSR count). The van der Waals surface area contributed by atoms with Crippen molar-refractivity contribution < 1.29 is 19.1 Å². The van der Waals surface area contributed by atoms with E-state index in [0.717, 1.165) is 43.7 Å². The lowest BCUT2D eigenvalue weighted by atomic mass is 9.88. The zero-order valence-corrected chi connectivity index (χ0v) is 16.9. The minimum absolute atomic E-state index is 0.0950. The molecule has 3 aliphatic rings. The number of Topliss-reactive ketones (excluding diaryl/α,β-unsaturated/α-hetero) is 1. The molecule has 3 aliphatic heterocycles. The number of rotatable bonds is 1. The molecule has 29 heavy (non-hydrogen) atoms. The Morgan fingerprint density at radius 2 is 1.90 bits per heavy atom. The molecule has 0 aromatic heterocycles. The van der Waals surface area contributed by atoms with E-state index >= 15 is 0 Å². The average Bonchev–Trinajstić information content (AvgIpc) is 2.77. The summed E-state index contributed by atoms with van der Waals surface area (Å²) in [6.45, 7) is 3.03. The first-order chi connectivity index (χ1) is 14.1. The number of hydrogen-bond donors (Lipinski definition) is 0. The number of piperidine rings is 2. The summed E-state index contributed by atoms with van der Waals surface area (Å²) in [5, 5.41) is 0. The first-order valence-electron chi connectivity index (χ1n) is 10.5. The van der Waals surface area contributed by atoms with Gasteiger partial charge in [-0.05, 0) is 31.4 Å². The molecule has 3 heterocycles. The van der Waals surface area contributed by atoms with E-state index in [1.807, 2.05) is 34.1 Å². The van der Waals surface area contributed by atoms with Crippen LogP contribution in [0.15, 0.2) is 24.3 Å². The van der Waals surface area contributed by atoms with Crippen LogP contribution < -0.4 is 4.74 Å². The number of nitrogens with zero attached hydrogens (tertiary/aromatic N) is 2. The molecule has 3 saturated heterocycles. The van der Waals surface area contributed by atoms with Crippen LogP contribution in [0.5, 0.6) is 5.75 Å². The van der Waals surface area contributed by atoms with Gasteiger partial charge >= 0.3 is 6.03 Å². The molecule has 0 saturated carbocycles. The average molecular weight is 396 g/mol. The van der Waals surface area contributed by atoms with Crippen molar-refractivity contribution in [1.29, 1.82) is 0 Å². The Bertz CT molecular complexity index is 820. The van der Waals surface area contributed by atoms with Crippen molar-refractivity contribution in [2.75, 3.05) is 39.9 Å². The van der Waals surface area contributed by atoms with Crippen molar-refractivity contribution in [2.24, 2.45) is 11.8 Å². The summed E-state index contributed by atoms with van der Waals surface area (Å²) in [5.41, 5.74) is 0.903. The van der Waals surface area contributed by atoms with Crippen molar-refractivity contribution in [3.05, 3.63) is 29.8 Å². The summed E-state index contributed by atoms with van der Waals surface area (Å²) < 4.78 is 11.0. The maximum Gasteiger partial charge on any atom is 0.320 e. The fourth-order valence-corrected chi connectivity index (χ4v) is 4.49. The van der Waals surface area contributed by atoms with Crippen LogP contribution in [0.25, 0.3) is 0 Å². The van der Waals surface area contributed by atoms with Gasteiger partial charge in [-0.3, -0.25) is 4.79 Å². The first-order valence-corrected chi connectivity index (χ1v) is 10.5. The summed E-state index contributed by atoms with van der Waals surface area (Å²) in [4.78, 5) is 28.5. The van der Waals surface area contributed by atoms with Crippen LogP contribution in [0.3, 0.4) is 0 Å². The molecule has 0 N–H and O–H groups in total. The van der Waals surface area contributed by atoms with Gasteiger partial charge in [0.05, 0.1) is 18.8 Å². The third kappa shape index (κ3) is 4.56. The highest BCUT2D eigenvalue weighted by Gasteiger charge is 2.38. The molecule has 0 bridgehead atoms. The van der Waals surface area contributed by atoms with Gasteiger partial charge in [-0.25, -0.2) is 4.79 Å². The molecule has 0 unspecified atom stereocenters. The number of hydrogen-bond acceptors (Lipinski definition) is 4. The summed E-state index contributed by atoms with van der Waals surface area (Å²) in [6.07, 6.45) is 3.26. The van der Waals surface area contributed by atoms with Crippen molar-refractivity contribution in [3.8, 4) is 17.6 Å². The molecular formula is C23H28N2O4. The van der Waals surface area contributed by atoms with Gasteiger partial charge in [-0.15, -0.1) is 0 Å². The summed E-state index contributed by atoms with van der Waals surface area (Å²) >= 11 is 0. The predicted molar refractivity (Wildman–Crippen MR) is 109 cm³/mol. The minimum Gasteiger partial charge on any atom is -0.495 e. The van der Waals surface area contributed by atoms with Crippen LogP contribution >= 0.6 is 0 Å². The van der Waals surface area contributed by atoms with E-state index in [1.165, 1.54) is 0 Å². The zero-order valence-electron chi connectivity index (χ0n) is 16.9. The monoisotopic (exact) mass is 396 g/mol. The predicted octanol–water partition coefficient (Wildman–Crippen LogP) is 2.56. The number of fused-ring (bicyclic) bond motifs is 1. The lowest BCUT2D eigenvalue weighted by molar-refractivity contribution is -0.139. The van der Waals surface area contributed by atoms with Crippen LogP contribution in [0.1, 0.15) is 31.2 Å². The molecule has 0 spiro atoms. The summed E-state index contributed by atoms with van der Waals surface area (Å²) in [5.74, 6) is 7.98. The van der Waals surface area contributed by atoms with Crippen LogP contribution in [-0.4, -0.2) is 67.6 Å². The second-order valence-electron chi connectivity index (χ2n) is 8.10. The molecule has 0 aliphatic carbocycles. The lowest BCUT2D eigenvalue weighted by Gasteiger charge is -2.42. The summed E-state index contributed by atoms with van der Waals surface area (Å²) in [6, 6.07) is 7.87. The molecule has 6 nitrogen and oxygen atoms in total. The Kier molecular flexibility index (Phi) is 6.05. The summed E-state index contributed by atoms with van der Waals surface area (Å²) in [7, 11) is 1.66. The van der Waals surface area contributed by atoms with Gasteiger partial charge in [0, 0.05) is 44.4 Å². The normalized spacial score (nSPS) is 25.1. The number of amides is 2. The van der Waals surface area contributed by atoms with E-state index in [-0.39, 0.29) is 30.4 Å². The molecule has 1 aromatic carbocycles. The lowest BCUT2D eigenvalue weighted by Crippen LogP contribution is -2.54. The molecule has 1 aromatic rings. The smallest absolute Gasteiger partial charge is 0.320 e. The van der Waals surface area contributed by atoms with E-state index in [9.17, 15) is 9.59 Å². The van der Waals surface area contributed by atoms with Gasteiger partial charge in [0.25, 0.3) is 0 Å². The van der Waals surface area contributed by atoms with E-state index in [4.69, 9.17) is 9.47 Å². The van der Waals surface area contributed by atoms with Crippen molar-refractivity contribution in [3.63, 3.8) is 0 Å².